The topological polar surface area (TPSA) is 134 Å². The van der Waals surface area contributed by atoms with Crippen LogP contribution in [0.1, 0.15) is 59.6 Å². The van der Waals surface area contributed by atoms with Crippen LogP contribution in [0.2, 0.25) is 0 Å². The third-order valence-corrected chi connectivity index (χ3v) is 8.64. The lowest BCUT2D eigenvalue weighted by Gasteiger charge is -2.35. The lowest BCUT2D eigenvalue weighted by molar-refractivity contribution is -0.156. The average Bonchev–Trinajstić information content (AvgIpc) is 3.66. The average molecular weight is 636 g/mol. The Bertz CT molecular complexity index is 1520. The van der Waals surface area contributed by atoms with E-state index >= 15 is 0 Å². The van der Waals surface area contributed by atoms with Gasteiger partial charge in [-0.1, -0.05) is 18.2 Å². The number of amides is 1. The van der Waals surface area contributed by atoms with Crippen molar-refractivity contribution < 1.29 is 46.2 Å². The van der Waals surface area contributed by atoms with Crippen molar-refractivity contribution in [1.29, 1.82) is 0 Å². The lowest BCUT2D eigenvalue weighted by Crippen LogP contribution is -2.47. The van der Waals surface area contributed by atoms with E-state index in [0.29, 0.717) is 49.6 Å². The maximum atomic E-state index is 13.9. The molecule has 0 unspecified atom stereocenters. The highest BCUT2D eigenvalue weighted by Crippen LogP contribution is 2.39. The van der Waals surface area contributed by atoms with Gasteiger partial charge in [-0.2, -0.15) is 13.2 Å². The number of nitrogens with two attached hydrogens (primary N) is 1. The van der Waals surface area contributed by atoms with Crippen LogP contribution < -0.4 is 5.73 Å². The van der Waals surface area contributed by atoms with Crippen molar-refractivity contribution in [2.45, 2.75) is 62.7 Å². The number of alkyl halides is 4. The molecule has 1 amide bonds. The van der Waals surface area contributed by atoms with Gasteiger partial charge in [0, 0.05) is 41.7 Å². The van der Waals surface area contributed by atoms with Crippen molar-refractivity contribution >= 4 is 34.8 Å². The van der Waals surface area contributed by atoms with Crippen LogP contribution >= 0.6 is 0 Å². The molecule has 1 aromatic heterocycles. The van der Waals surface area contributed by atoms with Crippen molar-refractivity contribution in [1.82, 2.24) is 9.88 Å². The van der Waals surface area contributed by atoms with Crippen LogP contribution in [-0.4, -0.2) is 70.4 Å². The number of carboxylic acid groups (broad SMARTS) is 1. The van der Waals surface area contributed by atoms with Gasteiger partial charge in [-0.25, -0.2) is 13.6 Å². The fourth-order valence-corrected chi connectivity index (χ4v) is 6.36. The standard InChI is InChI=1S/C30H33F2N3O4.C2HF3O/c31-16-24(33)19-2-4-20(5-3-19)29(37)35-12-11-23(18-6-8-22(32)9-7-18)28(35)27(36)14-17-1-10-25-21(13-17)15-26(34-25)30(38)39;3-2(4,5)1-6/h1,6-10,13,15,19-20,23-24,28,34H,2-5,11-12,14,16,33H2,(H,38,39);1H/t19?,20?,23-,24-,28+;/m1./s1. The number of Topliss-reactive ketones (excluding diaryl/α,β-unsaturated/α-hetero) is 1. The Morgan fingerprint density at radius 1 is 1.02 bits per heavy atom. The van der Waals surface area contributed by atoms with Crippen LogP contribution in [0, 0.1) is 17.7 Å². The zero-order valence-electron chi connectivity index (χ0n) is 24.2. The molecule has 2 fully saturated rings. The van der Waals surface area contributed by atoms with Crippen molar-refractivity contribution in [3.63, 3.8) is 0 Å². The lowest BCUT2D eigenvalue weighted by atomic mass is 9.78. The van der Waals surface area contributed by atoms with E-state index in [0.717, 1.165) is 11.1 Å². The number of nitrogens with one attached hydrogen (secondary N) is 1. The van der Waals surface area contributed by atoms with Gasteiger partial charge in [0.2, 0.25) is 12.2 Å². The summed E-state index contributed by atoms with van der Waals surface area (Å²) in [6.07, 6.45) is -2.43. The van der Waals surface area contributed by atoms with Gasteiger partial charge in [0.05, 0.1) is 6.04 Å². The number of carbonyl (C=O) groups is 4. The summed E-state index contributed by atoms with van der Waals surface area (Å²) in [5, 5.41) is 9.96. The minimum absolute atomic E-state index is 0.0579. The number of aromatic nitrogens is 1. The van der Waals surface area contributed by atoms with Gasteiger partial charge in [0.15, 0.2) is 5.78 Å². The van der Waals surface area contributed by atoms with Gasteiger partial charge in [0.1, 0.15) is 18.2 Å². The number of fused-ring (bicyclic) bond motifs is 1. The number of benzene rings is 2. The molecule has 13 heteroatoms. The minimum atomic E-state index is -4.64. The Morgan fingerprint density at radius 2 is 1.67 bits per heavy atom. The van der Waals surface area contributed by atoms with E-state index < -0.39 is 37.2 Å². The molecule has 45 heavy (non-hydrogen) atoms. The van der Waals surface area contributed by atoms with Gasteiger partial charge < -0.3 is 20.7 Å². The molecule has 2 heterocycles. The van der Waals surface area contributed by atoms with E-state index in [4.69, 9.17) is 10.5 Å². The molecule has 0 spiro atoms. The third kappa shape index (κ3) is 8.33. The number of aromatic carboxylic acids is 1. The zero-order valence-corrected chi connectivity index (χ0v) is 24.2. The highest BCUT2D eigenvalue weighted by atomic mass is 19.4. The predicted molar refractivity (Wildman–Crippen MR) is 155 cm³/mol. The molecule has 1 aliphatic heterocycles. The number of hydrogen-bond donors (Lipinski definition) is 3. The smallest absolute Gasteiger partial charge is 0.446 e. The van der Waals surface area contributed by atoms with Crippen LogP contribution in [0.3, 0.4) is 0 Å². The van der Waals surface area contributed by atoms with E-state index in [1.807, 2.05) is 0 Å². The number of likely N-dealkylation sites (tertiary alicyclic amines) is 1. The quantitative estimate of drug-likeness (QED) is 0.226. The molecule has 1 saturated carbocycles. The maximum Gasteiger partial charge on any atom is 0.446 e. The van der Waals surface area contributed by atoms with Crippen molar-refractivity contribution in [2.75, 3.05) is 13.2 Å². The number of halogens is 5. The molecule has 0 bridgehead atoms. The van der Waals surface area contributed by atoms with Gasteiger partial charge in [-0.05, 0) is 79.5 Å². The number of ketones is 1. The van der Waals surface area contributed by atoms with Gasteiger partial charge in [-0.15, -0.1) is 0 Å². The number of hydrogen-bond acceptors (Lipinski definition) is 5. The second-order valence-corrected chi connectivity index (χ2v) is 11.6. The summed E-state index contributed by atoms with van der Waals surface area (Å²) < 4.78 is 58.0. The van der Waals surface area contributed by atoms with Crippen LogP contribution in [0.4, 0.5) is 22.0 Å². The predicted octanol–water partition coefficient (Wildman–Crippen LogP) is 5.35. The van der Waals surface area contributed by atoms with E-state index in [-0.39, 0.29) is 47.4 Å². The number of aromatic amines is 1. The Hall–Kier alpha value is -4.13. The molecular formula is C32H34F5N3O5. The summed E-state index contributed by atoms with van der Waals surface area (Å²) in [6.45, 7) is -0.141. The zero-order chi connectivity index (χ0) is 32.9. The van der Waals surface area contributed by atoms with Crippen molar-refractivity contribution in [3.8, 4) is 0 Å². The molecule has 0 radical (unpaired) electrons. The molecule has 1 saturated heterocycles. The number of carbonyl (C=O) groups excluding carboxylic acids is 3. The number of carboxylic acids is 1. The summed E-state index contributed by atoms with van der Waals surface area (Å²) >= 11 is 0. The largest absolute Gasteiger partial charge is 0.477 e. The molecule has 2 aliphatic rings. The summed E-state index contributed by atoms with van der Waals surface area (Å²) in [4.78, 5) is 52.2. The molecule has 1 aliphatic carbocycles. The van der Waals surface area contributed by atoms with E-state index in [1.165, 1.54) is 18.2 Å². The second kappa shape index (κ2) is 14.3. The van der Waals surface area contributed by atoms with Crippen LogP contribution in [0.5, 0.6) is 0 Å². The Labute approximate surface area is 255 Å². The number of H-pyrrole nitrogens is 1. The Balaban J connectivity index is 0.000000700. The molecule has 4 N–H and O–H groups in total. The minimum Gasteiger partial charge on any atom is -0.477 e. The first-order valence-corrected chi connectivity index (χ1v) is 14.6. The Morgan fingerprint density at radius 3 is 2.24 bits per heavy atom. The van der Waals surface area contributed by atoms with Crippen LogP contribution in [0.25, 0.3) is 10.9 Å². The fourth-order valence-electron chi connectivity index (χ4n) is 6.36. The van der Waals surface area contributed by atoms with Crippen molar-refractivity contribution in [2.24, 2.45) is 17.6 Å². The summed E-state index contributed by atoms with van der Waals surface area (Å²) in [5.74, 6) is -2.03. The SMILES string of the molecule is N[C@H](CF)C1CCC(C(=O)N2CC[C@H](c3ccc(F)cc3)[C@H]2C(=O)Cc2ccc3[nH]c(C(=O)O)cc3c2)CC1.O=CC(F)(F)F. The summed E-state index contributed by atoms with van der Waals surface area (Å²) in [6, 6.07) is 11.8. The maximum absolute atomic E-state index is 13.9. The number of nitrogens with zero attached hydrogens (tertiary/aromatic N) is 1. The molecular weight excluding hydrogens is 601 g/mol. The normalized spacial score (nSPS) is 22.4. The monoisotopic (exact) mass is 635 g/mol. The molecule has 3 atom stereocenters. The van der Waals surface area contributed by atoms with E-state index in [1.54, 1.807) is 35.2 Å². The Kier molecular flexibility index (Phi) is 10.7. The van der Waals surface area contributed by atoms with E-state index in [9.17, 15) is 41.4 Å². The molecule has 8 nitrogen and oxygen atoms in total. The first kappa shape index (κ1) is 33.8. The summed E-state index contributed by atoms with van der Waals surface area (Å²) in [7, 11) is 0. The number of rotatable bonds is 8. The highest BCUT2D eigenvalue weighted by molar-refractivity contribution is 5.95. The first-order valence-electron chi connectivity index (χ1n) is 14.6. The third-order valence-electron chi connectivity index (χ3n) is 8.64. The first-order chi connectivity index (χ1) is 21.3. The summed E-state index contributed by atoms with van der Waals surface area (Å²) in [5.41, 5.74) is 8.17. The fraction of sp³-hybridized carbons (Fsp3) is 0.438. The van der Waals surface area contributed by atoms with Gasteiger partial charge in [0.25, 0.3) is 0 Å². The number of aldehydes is 1. The second-order valence-electron chi connectivity index (χ2n) is 11.6. The highest BCUT2D eigenvalue weighted by Gasteiger charge is 2.44. The van der Waals surface area contributed by atoms with Crippen LogP contribution in [0.15, 0.2) is 48.5 Å². The molecule has 5 rings (SSSR count). The van der Waals surface area contributed by atoms with Gasteiger partial charge in [-0.3, -0.25) is 14.4 Å². The molecule has 3 aromatic rings. The van der Waals surface area contributed by atoms with Crippen molar-refractivity contribution in [3.05, 3.63) is 71.2 Å². The molecule has 242 valence electrons. The molecule has 2 aromatic carbocycles. The van der Waals surface area contributed by atoms with E-state index in [2.05, 4.69) is 4.98 Å². The van der Waals surface area contributed by atoms with Gasteiger partial charge >= 0.3 is 12.1 Å². The van der Waals surface area contributed by atoms with Crippen LogP contribution in [-0.2, 0) is 20.8 Å².